The first kappa shape index (κ1) is 19.0. The van der Waals surface area contributed by atoms with Crippen LogP contribution in [0.1, 0.15) is 53.0 Å². The number of aliphatic hydroxyl groups is 1. The van der Waals surface area contributed by atoms with Crippen molar-refractivity contribution in [2.24, 2.45) is 0 Å². The van der Waals surface area contributed by atoms with Crippen LogP contribution in [0, 0.1) is 0 Å². The molecule has 0 spiro atoms. The zero-order chi connectivity index (χ0) is 17.2. The summed E-state index contributed by atoms with van der Waals surface area (Å²) >= 11 is 0. The Bertz CT molecular complexity index is 500. The Hall–Kier alpha value is -1.00. The summed E-state index contributed by atoms with van der Waals surface area (Å²) < 4.78 is 11.9. The smallest absolute Gasteiger partial charge is 0.250 e. The van der Waals surface area contributed by atoms with Crippen LogP contribution in [-0.4, -0.2) is 20.5 Å². The molecule has 0 aliphatic rings. The van der Waals surface area contributed by atoms with Crippen molar-refractivity contribution in [3.8, 4) is 11.5 Å². The molecule has 1 N–H and O–H groups in total. The summed E-state index contributed by atoms with van der Waals surface area (Å²) in [7, 11) is -0.268. The van der Waals surface area contributed by atoms with E-state index in [1.165, 1.54) is 0 Å². The fraction of sp³-hybridized carbons (Fsp3) is 0.667. The Morgan fingerprint density at radius 1 is 1.05 bits per heavy atom. The Labute approximate surface area is 136 Å². The third kappa shape index (κ3) is 3.85. The number of methoxy groups -OCH3 is 1. The van der Waals surface area contributed by atoms with Gasteiger partial charge in [-0.3, -0.25) is 0 Å². The Morgan fingerprint density at radius 3 is 2.00 bits per heavy atom. The van der Waals surface area contributed by atoms with Crippen molar-refractivity contribution in [3.63, 3.8) is 0 Å². The van der Waals surface area contributed by atoms with Crippen LogP contribution in [0.3, 0.4) is 0 Å². The summed E-state index contributed by atoms with van der Waals surface area (Å²) in [6.07, 6.45) is 1.35. The minimum absolute atomic E-state index is 0.129. The standard InChI is InChI=1S/C18H32O3Si/c1-9-18(19,10-2)14-11-12-15(16(13-14)20-6)21-22(7,8)17(3,4)5/h11-13,19H,9-10H2,1-8H3. The largest absolute Gasteiger partial charge is 0.541 e. The Balaban J connectivity index is 3.20. The molecule has 0 saturated heterocycles. The van der Waals surface area contributed by atoms with Gasteiger partial charge in [-0.2, -0.15) is 0 Å². The van der Waals surface area contributed by atoms with Crippen molar-refractivity contribution in [2.75, 3.05) is 7.11 Å². The van der Waals surface area contributed by atoms with Crippen molar-refractivity contribution in [1.82, 2.24) is 0 Å². The topological polar surface area (TPSA) is 38.7 Å². The van der Waals surface area contributed by atoms with E-state index >= 15 is 0 Å². The van der Waals surface area contributed by atoms with Crippen molar-refractivity contribution in [3.05, 3.63) is 23.8 Å². The van der Waals surface area contributed by atoms with E-state index in [2.05, 4.69) is 33.9 Å². The van der Waals surface area contributed by atoms with Crippen molar-refractivity contribution >= 4 is 8.32 Å². The van der Waals surface area contributed by atoms with E-state index in [9.17, 15) is 5.11 Å². The number of ether oxygens (including phenoxy) is 1. The number of hydrogen-bond donors (Lipinski definition) is 1. The van der Waals surface area contributed by atoms with E-state index in [0.717, 1.165) is 11.3 Å². The summed E-state index contributed by atoms with van der Waals surface area (Å²) in [4.78, 5) is 0. The highest BCUT2D eigenvalue weighted by atomic mass is 28.4. The maximum atomic E-state index is 10.7. The molecule has 4 heteroatoms. The number of hydrogen-bond acceptors (Lipinski definition) is 3. The second kappa shape index (κ2) is 6.63. The summed E-state index contributed by atoms with van der Waals surface area (Å²) in [6.45, 7) is 15.1. The van der Waals surface area contributed by atoms with Gasteiger partial charge in [-0.1, -0.05) is 40.7 Å². The van der Waals surface area contributed by atoms with E-state index in [1.54, 1.807) is 7.11 Å². The molecule has 22 heavy (non-hydrogen) atoms. The summed E-state index contributed by atoms with van der Waals surface area (Å²) in [5.74, 6) is 1.47. The monoisotopic (exact) mass is 324 g/mol. The average molecular weight is 325 g/mol. The molecule has 0 heterocycles. The predicted octanol–water partition coefficient (Wildman–Crippen LogP) is 5.09. The molecule has 0 unspecified atom stereocenters. The minimum atomic E-state index is -1.92. The maximum Gasteiger partial charge on any atom is 0.250 e. The van der Waals surface area contributed by atoms with Crippen LogP contribution in [0.4, 0.5) is 0 Å². The molecule has 126 valence electrons. The van der Waals surface area contributed by atoms with Crippen molar-refractivity contribution < 1.29 is 14.3 Å². The molecule has 0 fully saturated rings. The van der Waals surface area contributed by atoms with Gasteiger partial charge in [0.05, 0.1) is 12.7 Å². The molecule has 0 atom stereocenters. The van der Waals surface area contributed by atoms with E-state index in [4.69, 9.17) is 9.16 Å². The lowest BCUT2D eigenvalue weighted by atomic mass is 9.88. The van der Waals surface area contributed by atoms with Gasteiger partial charge in [-0.05, 0) is 48.7 Å². The third-order valence-corrected chi connectivity index (χ3v) is 9.38. The molecule has 0 bridgehead atoms. The molecule has 1 aromatic carbocycles. The normalized spacial score (nSPS) is 13.1. The second-order valence-corrected chi connectivity index (χ2v) is 12.2. The van der Waals surface area contributed by atoms with E-state index < -0.39 is 13.9 Å². The number of benzene rings is 1. The molecule has 1 aromatic rings. The van der Waals surface area contributed by atoms with Crippen LogP contribution in [0.25, 0.3) is 0 Å². The van der Waals surface area contributed by atoms with Gasteiger partial charge in [0.25, 0.3) is 8.32 Å². The molecule has 0 amide bonds. The van der Waals surface area contributed by atoms with Crippen LogP contribution in [0.2, 0.25) is 18.1 Å². The van der Waals surface area contributed by atoms with Crippen LogP contribution in [0.15, 0.2) is 18.2 Å². The van der Waals surface area contributed by atoms with Gasteiger partial charge in [-0.25, -0.2) is 0 Å². The molecule has 0 radical (unpaired) electrons. The van der Waals surface area contributed by atoms with Gasteiger partial charge in [-0.15, -0.1) is 0 Å². The van der Waals surface area contributed by atoms with Gasteiger partial charge < -0.3 is 14.3 Å². The van der Waals surface area contributed by atoms with Crippen molar-refractivity contribution in [1.29, 1.82) is 0 Å². The summed E-state index contributed by atoms with van der Waals surface area (Å²) in [5.41, 5.74) is 0.0833. The third-order valence-electron chi connectivity index (χ3n) is 5.04. The second-order valence-electron chi connectivity index (χ2n) is 7.47. The molecule has 0 aliphatic heterocycles. The van der Waals surface area contributed by atoms with E-state index in [-0.39, 0.29) is 5.04 Å². The molecular weight excluding hydrogens is 292 g/mol. The van der Waals surface area contributed by atoms with Gasteiger partial charge in [0.1, 0.15) is 5.75 Å². The van der Waals surface area contributed by atoms with Crippen molar-refractivity contribution in [2.45, 2.75) is 71.2 Å². The lowest BCUT2D eigenvalue weighted by molar-refractivity contribution is 0.0281. The fourth-order valence-corrected chi connectivity index (χ4v) is 3.15. The SMILES string of the molecule is CCC(O)(CC)c1ccc(O[Si](C)(C)C(C)(C)C)c(OC)c1. The summed E-state index contributed by atoms with van der Waals surface area (Å²) in [6, 6.07) is 5.80. The molecule has 0 saturated carbocycles. The van der Waals surface area contributed by atoms with Crippen LogP contribution in [0.5, 0.6) is 11.5 Å². The van der Waals surface area contributed by atoms with Gasteiger partial charge in [0.2, 0.25) is 0 Å². The zero-order valence-corrected chi connectivity index (χ0v) is 16.4. The van der Waals surface area contributed by atoms with Crippen LogP contribution in [-0.2, 0) is 5.60 Å². The number of rotatable bonds is 6. The average Bonchev–Trinajstić information content (AvgIpc) is 2.45. The highest BCUT2D eigenvalue weighted by Gasteiger charge is 2.39. The molecule has 0 aromatic heterocycles. The molecule has 0 aliphatic carbocycles. The van der Waals surface area contributed by atoms with Crippen LogP contribution < -0.4 is 9.16 Å². The fourth-order valence-electron chi connectivity index (χ4n) is 2.13. The predicted molar refractivity (Wildman–Crippen MR) is 95.3 cm³/mol. The van der Waals surface area contributed by atoms with Gasteiger partial charge in [0, 0.05) is 0 Å². The Kier molecular flexibility index (Phi) is 5.74. The quantitative estimate of drug-likeness (QED) is 0.741. The lowest BCUT2D eigenvalue weighted by Gasteiger charge is -2.37. The minimum Gasteiger partial charge on any atom is -0.541 e. The first-order chi connectivity index (χ1) is 10.0. The lowest BCUT2D eigenvalue weighted by Crippen LogP contribution is -2.44. The van der Waals surface area contributed by atoms with Gasteiger partial charge >= 0.3 is 0 Å². The van der Waals surface area contributed by atoms with E-state index in [1.807, 2.05) is 32.0 Å². The molecular formula is C18H32O3Si. The maximum absolute atomic E-state index is 10.7. The van der Waals surface area contributed by atoms with Crippen LogP contribution >= 0.6 is 0 Å². The highest BCUT2D eigenvalue weighted by molar-refractivity contribution is 6.74. The van der Waals surface area contributed by atoms with Gasteiger partial charge in [0.15, 0.2) is 5.75 Å². The molecule has 1 rings (SSSR count). The zero-order valence-electron chi connectivity index (χ0n) is 15.4. The first-order valence-corrected chi connectivity index (χ1v) is 11.0. The highest BCUT2D eigenvalue weighted by Crippen LogP contribution is 2.41. The first-order valence-electron chi connectivity index (χ1n) is 8.10. The molecule has 3 nitrogen and oxygen atoms in total. The summed E-state index contributed by atoms with van der Waals surface area (Å²) in [5, 5.41) is 10.8. The Morgan fingerprint density at radius 2 is 1.59 bits per heavy atom. The van der Waals surface area contributed by atoms with E-state index in [0.29, 0.717) is 18.6 Å².